The van der Waals surface area contributed by atoms with Crippen LogP contribution >= 0.6 is 11.3 Å². The average Bonchev–Trinajstić information content (AvgIpc) is 3.09. The maximum absolute atomic E-state index is 13.9. The Bertz CT molecular complexity index is 729. The van der Waals surface area contributed by atoms with Gasteiger partial charge in [0.25, 0.3) is 0 Å². The average molecular weight is 363 g/mol. The molecule has 8 heteroatoms. The molecule has 134 valence electrons. The van der Waals surface area contributed by atoms with E-state index >= 15 is 0 Å². The zero-order valence-corrected chi connectivity index (χ0v) is 15.2. The van der Waals surface area contributed by atoms with Crippen molar-refractivity contribution in [2.24, 2.45) is 0 Å². The van der Waals surface area contributed by atoms with Crippen molar-refractivity contribution in [3.05, 3.63) is 35.1 Å². The number of carbonyl (C=O) groups excluding carboxylic acids is 1. The molecule has 1 saturated heterocycles. The van der Waals surface area contributed by atoms with Crippen LogP contribution in [0.5, 0.6) is 0 Å². The van der Waals surface area contributed by atoms with Crippen molar-refractivity contribution in [3.63, 3.8) is 0 Å². The molecule has 3 rings (SSSR count). The second-order valence-electron chi connectivity index (χ2n) is 5.99. The lowest BCUT2D eigenvalue weighted by molar-refractivity contribution is -0.120. The van der Waals surface area contributed by atoms with Crippen molar-refractivity contribution >= 4 is 28.1 Å². The highest BCUT2D eigenvalue weighted by molar-refractivity contribution is 7.15. The molecular weight excluding hydrogens is 341 g/mol. The molecule has 1 N–H and O–H groups in total. The predicted molar refractivity (Wildman–Crippen MR) is 97.6 cm³/mol. The van der Waals surface area contributed by atoms with Crippen molar-refractivity contribution in [2.45, 2.75) is 26.3 Å². The first-order valence-corrected chi connectivity index (χ1v) is 9.27. The van der Waals surface area contributed by atoms with Crippen LogP contribution in [0.2, 0.25) is 0 Å². The van der Waals surface area contributed by atoms with E-state index in [-0.39, 0.29) is 17.8 Å². The number of amides is 1. The number of rotatable bonds is 5. The number of nitrogens with one attached hydrogen (secondary N) is 1. The molecule has 6 nitrogen and oxygen atoms in total. The number of benzene rings is 1. The summed E-state index contributed by atoms with van der Waals surface area (Å²) in [7, 11) is 0. The summed E-state index contributed by atoms with van der Waals surface area (Å²) < 4.78 is 13.9. The van der Waals surface area contributed by atoms with Crippen LogP contribution in [0.3, 0.4) is 0 Å². The summed E-state index contributed by atoms with van der Waals surface area (Å²) in [6.07, 6.45) is 0.807. The summed E-state index contributed by atoms with van der Waals surface area (Å²) in [6.45, 7) is 6.69. The third-order valence-corrected chi connectivity index (χ3v) is 5.42. The molecule has 2 heterocycles. The maximum Gasteiger partial charge on any atom is 0.243 e. The second-order valence-corrected chi connectivity index (χ2v) is 7.06. The van der Waals surface area contributed by atoms with E-state index in [1.807, 2.05) is 24.8 Å². The smallest absolute Gasteiger partial charge is 0.243 e. The standard InChI is InChI=1S/C17H22FN5OS/c1-3-15-20-21-17(25-15)19-16(24)12(2)22-8-10-23(11-9-22)14-7-5-4-6-13(14)18/h4-7,12H,3,8-11H2,1-2H3,(H,19,21,24)/t12-/m1/s1. The predicted octanol–water partition coefficient (Wildman–Crippen LogP) is 2.39. The van der Waals surface area contributed by atoms with Crippen LogP contribution < -0.4 is 10.2 Å². The van der Waals surface area contributed by atoms with Gasteiger partial charge < -0.3 is 4.90 Å². The molecule has 0 unspecified atom stereocenters. The fourth-order valence-corrected chi connectivity index (χ4v) is 3.56. The Balaban J connectivity index is 1.55. The number of nitrogens with zero attached hydrogens (tertiary/aromatic N) is 4. The quantitative estimate of drug-likeness (QED) is 0.884. The van der Waals surface area contributed by atoms with E-state index in [0.717, 1.165) is 11.4 Å². The molecule has 1 fully saturated rings. The normalized spacial score (nSPS) is 16.7. The molecule has 25 heavy (non-hydrogen) atoms. The lowest BCUT2D eigenvalue weighted by Crippen LogP contribution is -2.53. The molecule has 1 aromatic carbocycles. The van der Waals surface area contributed by atoms with Crippen LogP contribution in [0.25, 0.3) is 0 Å². The first-order chi connectivity index (χ1) is 12.1. The second kappa shape index (κ2) is 7.88. The number of carbonyl (C=O) groups is 1. The Morgan fingerprint density at radius 1 is 1.28 bits per heavy atom. The summed E-state index contributed by atoms with van der Waals surface area (Å²) >= 11 is 1.40. The van der Waals surface area contributed by atoms with Gasteiger partial charge in [-0.3, -0.25) is 15.0 Å². The van der Waals surface area contributed by atoms with Gasteiger partial charge in [0, 0.05) is 26.2 Å². The molecule has 0 aliphatic carbocycles. The van der Waals surface area contributed by atoms with E-state index < -0.39 is 0 Å². The molecule has 1 aliphatic rings. The first kappa shape index (κ1) is 17.8. The molecular formula is C17H22FN5OS. The summed E-state index contributed by atoms with van der Waals surface area (Å²) in [5.74, 6) is -0.289. The van der Waals surface area contributed by atoms with Crippen molar-refractivity contribution in [1.29, 1.82) is 0 Å². The van der Waals surface area contributed by atoms with Gasteiger partial charge in [0.1, 0.15) is 10.8 Å². The zero-order chi connectivity index (χ0) is 17.8. The number of halogens is 1. The molecule has 1 atom stereocenters. The third kappa shape index (κ3) is 4.13. The van der Waals surface area contributed by atoms with Gasteiger partial charge in [-0.05, 0) is 25.5 Å². The number of para-hydroxylation sites is 1. The third-order valence-electron chi connectivity index (χ3n) is 4.43. The topological polar surface area (TPSA) is 61.4 Å². The Labute approximate surface area is 150 Å². The van der Waals surface area contributed by atoms with Gasteiger partial charge in [0.05, 0.1) is 11.7 Å². The number of hydrogen-bond acceptors (Lipinski definition) is 6. The van der Waals surface area contributed by atoms with E-state index in [4.69, 9.17) is 0 Å². The van der Waals surface area contributed by atoms with E-state index in [1.165, 1.54) is 17.4 Å². The number of aromatic nitrogens is 2. The van der Waals surface area contributed by atoms with Crippen molar-refractivity contribution < 1.29 is 9.18 Å². The maximum atomic E-state index is 13.9. The van der Waals surface area contributed by atoms with Gasteiger partial charge in [-0.15, -0.1) is 10.2 Å². The van der Waals surface area contributed by atoms with Gasteiger partial charge >= 0.3 is 0 Å². The highest BCUT2D eigenvalue weighted by Crippen LogP contribution is 2.21. The van der Waals surface area contributed by atoms with Crippen molar-refractivity contribution in [2.75, 3.05) is 36.4 Å². The molecule has 0 spiro atoms. The highest BCUT2D eigenvalue weighted by Gasteiger charge is 2.27. The van der Waals surface area contributed by atoms with Crippen LogP contribution in [0.1, 0.15) is 18.9 Å². The number of aryl methyl sites for hydroxylation is 1. The number of hydrogen-bond donors (Lipinski definition) is 1. The monoisotopic (exact) mass is 363 g/mol. The zero-order valence-electron chi connectivity index (χ0n) is 14.4. The summed E-state index contributed by atoms with van der Waals surface area (Å²) in [6, 6.07) is 6.54. The SMILES string of the molecule is CCc1nnc(NC(=O)[C@@H](C)N2CCN(c3ccccc3F)CC2)s1. The van der Waals surface area contributed by atoms with Crippen molar-refractivity contribution in [1.82, 2.24) is 15.1 Å². The molecule has 2 aromatic rings. The van der Waals surface area contributed by atoms with Crippen LogP contribution in [-0.4, -0.2) is 53.2 Å². The minimum atomic E-state index is -0.267. The minimum absolute atomic E-state index is 0.0851. The van der Waals surface area contributed by atoms with E-state index in [1.54, 1.807) is 12.1 Å². The number of anilines is 2. The Hall–Kier alpha value is -2.06. The lowest BCUT2D eigenvalue weighted by Gasteiger charge is -2.38. The van der Waals surface area contributed by atoms with Gasteiger partial charge in [0.15, 0.2) is 0 Å². The van der Waals surface area contributed by atoms with Gasteiger partial charge in [-0.1, -0.05) is 30.4 Å². The Morgan fingerprint density at radius 2 is 2.00 bits per heavy atom. The molecule has 1 aromatic heterocycles. The molecule has 0 radical (unpaired) electrons. The Morgan fingerprint density at radius 3 is 2.64 bits per heavy atom. The van der Waals surface area contributed by atoms with E-state index in [2.05, 4.69) is 20.4 Å². The van der Waals surface area contributed by atoms with E-state index in [0.29, 0.717) is 37.0 Å². The lowest BCUT2D eigenvalue weighted by atomic mass is 10.2. The van der Waals surface area contributed by atoms with Crippen LogP contribution in [-0.2, 0) is 11.2 Å². The van der Waals surface area contributed by atoms with Gasteiger partial charge in [-0.25, -0.2) is 4.39 Å². The summed E-state index contributed by atoms with van der Waals surface area (Å²) in [5, 5.41) is 12.3. The molecule has 1 aliphatic heterocycles. The van der Waals surface area contributed by atoms with Gasteiger partial charge in [-0.2, -0.15) is 0 Å². The van der Waals surface area contributed by atoms with Gasteiger partial charge in [0.2, 0.25) is 11.0 Å². The Kier molecular flexibility index (Phi) is 5.60. The summed E-state index contributed by atoms with van der Waals surface area (Å²) in [4.78, 5) is 16.6. The fourth-order valence-electron chi connectivity index (χ4n) is 2.88. The first-order valence-electron chi connectivity index (χ1n) is 8.45. The molecule has 0 saturated carbocycles. The van der Waals surface area contributed by atoms with Crippen LogP contribution in [0, 0.1) is 5.82 Å². The number of piperazine rings is 1. The molecule has 0 bridgehead atoms. The van der Waals surface area contributed by atoms with E-state index in [9.17, 15) is 9.18 Å². The highest BCUT2D eigenvalue weighted by atomic mass is 32.1. The van der Waals surface area contributed by atoms with Crippen LogP contribution in [0.4, 0.5) is 15.2 Å². The largest absolute Gasteiger partial charge is 0.367 e. The van der Waals surface area contributed by atoms with Crippen LogP contribution in [0.15, 0.2) is 24.3 Å². The fraction of sp³-hybridized carbons (Fsp3) is 0.471. The summed E-state index contributed by atoms with van der Waals surface area (Å²) in [5.41, 5.74) is 0.625. The van der Waals surface area contributed by atoms with Crippen molar-refractivity contribution in [3.8, 4) is 0 Å². The molecule has 1 amide bonds. The minimum Gasteiger partial charge on any atom is -0.367 e.